The third-order valence-corrected chi connectivity index (χ3v) is 4.47. The smallest absolute Gasteiger partial charge is 0.400 e. The van der Waals surface area contributed by atoms with Crippen molar-refractivity contribution in [1.82, 2.24) is 15.0 Å². The second-order valence-electron chi connectivity index (χ2n) is 7.08. The number of hydrogen-bond donors (Lipinski definition) is 1. The van der Waals surface area contributed by atoms with Gasteiger partial charge in [-0.3, -0.25) is 4.98 Å². The van der Waals surface area contributed by atoms with Crippen LogP contribution in [0.1, 0.15) is 0 Å². The average Bonchev–Trinajstić information content (AvgIpc) is 3.06. The Balaban J connectivity index is 0.000000264. The van der Waals surface area contributed by atoms with E-state index in [-0.39, 0.29) is 20.1 Å². The molecule has 39 heavy (non-hydrogen) atoms. The molecule has 0 aliphatic rings. The van der Waals surface area contributed by atoms with Crippen LogP contribution in [-0.2, 0) is 20.1 Å². The maximum absolute atomic E-state index is 7.00. The molecule has 0 radical (unpaired) electrons. The summed E-state index contributed by atoms with van der Waals surface area (Å²) in [6.45, 7) is 0. The summed E-state index contributed by atoms with van der Waals surface area (Å²) in [5.41, 5.74) is 4.02. The topological polar surface area (TPSA) is 58.9 Å². The van der Waals surface area contributed by atoms with Gasteiger partial charge >= 0.3 is 20.1 Å². The fraction of sp³-hybridized carbons (Fsp3) is 0.0294. The monoisotopic (exact) mass is 689 g/mol. The van der Waals surface area contributed by atoms with E-state index in [1.54, 1.807) is 24.8 Å². The first-order valence-corrected chi connectivity index (χ1v) is 11.9. The Morgan fingerprint density at radius 1 is 0.462 bits per heavy atom. The summed E-state index contributed by atoms with van der Waals surface area (Å²) >= 11 is 0. The summed E-state index contributed by atoms with van der Waals surface area (Å²) in [6.07, 6.45) is 7.08. The molecule has 0 saturated heterocycles. The molecule has 3 aromatic heterocycles. The van der Waals surface area contributed by atoms with Crippen molar-refractivity contribution < 1.29 is 25.2 Å². The number of pyridine rings is 3. The first kappa shape index (κ1) is 32.7. The minimum Gasteiger partial charge on any atom is -0.400 e. The van der Waals surface area contributed by atoms with Crippen LogP contribution in [0, 0.1) is 18.2 Å². The molecule has 0 amide bonds. The second kappa shape index (κ2) is 22.9. The SMILES string of the molecule is CO.[Ir+3].[c-]1ccccc1.[c-]1ccccc1-c1ccccn1.[c-]1ccccc1-c1ccccn1.c1ccncc1. The maximum Gasteiger partial charge on any atom is 3.00 e. The Hall–Kier alpha value is -4.28. The molecule has 0 saturated carbocycles. The van der Waals surface area contributed by atoms with E-state index in [1.165, 1.54) is 0 Å². The van der Waals surface area contributed by atoms with Crippen molar-refractivity contribution in [3.8, 4) is 22.5 Å². The summed E-state index contributed by atoms with van der Waals surface area (Å²) in [5.74, 6) is 0. The van der Waals surface area contributed by atoms with E-state index in [0.717, 1.165) is 29.6 Å². The van der Waals surface area contributed by atoms with Gasteiger partial charge in [0.25, 0.3) is 0 Å². The van der Waals surface area contributed by atoms with Crippen molar-refractivity contribution in [3.63, 3.8) is 0 Å². The first-order chi connectivity index (χ1) is 18.9. The van der Waals surface area contributed by atoms with Gasteiger partial charge < -0.3 is 15.1 Å². The Kier molecular flexibility index (Phi) is 19.2. The summed E-state index contributed by atoms with van der Waals surface area (Å²) < 4.78 is 0. The number of rotatable bonds is 2. The molecule has 0 fully saturated rings. The third kappa shape index (κ3) is 14.9. The van der Waals surface area contributed by atoms with Gasteiger partial charge in [0.1, 0.15) is 0 Å². The van der Waals surface area contributed by atoms with Gasteiger partial charge in [0.05, 0.1) is 0 Å². The number of aliphatic hydroxyl groups excluding tert-OH is 1. The number of nitrogens with zero attached hydrogens (tertiary/aromatic N) is 3. The van der Waals surface area contributed by atoms with Crippen LogP contribution in [0.25, 0.3) is 22.5 Å². The summed E-state index contributed by atoms with van der Waals surface area (Å²) in [6, 6.07) is 51.8. The van der Waals surface area contributed by atoms with Gasteiger partial charge in [-0.15, -0.1) is 71.8 Å². The zero-order chi connectivity index (χ0) is 26.9. The van der Waals surface area contributed by atoms with Gasteiger partial charge in [-0.2, -0.15) is 36.4 Å². The van der Waals surface area contributed by atoms with Crippen LogP contribution in [0.5, 0.6) is 0 Å². The van der Waals surface area contributed by atoms with E-state index in [9.17, 15) is 0 Å². The van der Waals surface area contributed by atoms with Crippen LogP contribution in [0.4, 0.5) is 0 Å². The Bertz CT molecular complexity index is 1060. The minimum absolute atomic E-state index is 0. The third-order valence-electron chi connectivity index (χ3n) is 4.47. The van der Waals surface area contributed by atoms with E-state index in [2.05, 4.69) is 33.2 Å². The number of benzene rings is 3. The average molecular weight is 689 g/mol. The molecule has 0 atom stereocenters. The zero-order valence-corrected chi connectivity index (χ0v) is 24.0. The van der Waals surface area contributed by atoms with Crippen LogP contribution in [0.3, 0.4) is 0 Å². The molecule has 6 rings (SSSR count). The van der Waals surface area contributed by atoms with E-state index in [1.807, 2.05) is 133 Å². The predicted octanol–water partition coefficient (Wildman–Crippen LogP) is 7.27. The summed E-state index contributed by atoms with van der Waals surface area (Å²) in [7, 11) is 1.00. The standard InChI is InChI=1S/2C11H8N.C6H5.C5H5N.CH4O.Ir/c2*1-2-6-10(7-3-1)11-8-4-5-9-12-11;2*1-2-4-6-5-3-1;1-2;/h2*1-6,8-9H;2*1-5H;2H,1H3;/q3*-1;;;+3. The molecular weight excluding hydrogens is 659 g/mol. The van der Waals surface area contributed by atoms with E-state index in [0.29, 0.717) is 0 Å². The van der Waals surface area contributed by atoms with E-state index >= 15 is 0 Å². The quantitative estimate of drug-likeness (QED) is 0.195. The molecule has 1 N–H and O–H groups in total. The minimum atomic E-state index is 0. The molecule has 4 nitrogen and oxygen atoms in total. The summed E-state index contributed by atoms with van der Waals surface area (Å²) in [4.78, 5) is 12.2. The molecule has 196 valence electrons. The number of hydrogen-bond acceptors (Lipinski definition) is 4. The Morgan fingerprint density at radius 2 is 0.872 bits per heavy atom. The fourth-order valence-electron chi connectivity index (χ4n) is 2.80. The Labute approximate surface area is 245 Å². The van der Waals surface area contributed by atoms with Crippen molar-refractivity contribution in [2.45, 2.75) is 0 Å². The van der Waals surface area contributed by atoms with Gasteiger partial charge in [-0.25, -0.2) is 0 Å². The zero-order valence-electron chi connectivity index (χ0n) is 21.6. The molecule has 0 unspecified atom stereocenters. The van der Waals surface area contributed by atoms with Crippen molar-refractivity contribution in [2.24, 2.45) is 0 Å². The molecule has 0 aliphatic heterocycles. The van der Waals surface area contributed by atoms with E-state index in [4.69, 9.17) is 5.11 Å². The molecule has 3 aromatic carbocycles. The van der Waals surface area contributed by atoms with E-state index < -0.39 is 0 Å². The van der Waals surface area contributed by atoms with Gasteiger partial charge in [-0.05, 0) is 35.7 Å². The van der Waals surface area contributed by atoms with Crippen LogP contribution in [-0.4, -0.2) is 27.2 Å². The predicted molar refractivity (Wildman–Crippen MR) is 155 cm³/mol. The van der Waals surface area contributed by atoms with Gasteiger partial charge in [0.15, 0.2) is 0 Å². The van der Waals surface area contributed by atoms with Crippen molar-refractivity contribution in [1.29, 1.82) is 0 Å². The second-order valence-corrected chi connectivity index (χ2v) is 7.08. The first-order valence-electron chi connectivity index (χ1n) is 11.9. The molecule has 0 spiro atoms. The molecular formula is C34H30IrN3O. The molecule has 0 aliphatic carbocycles. The van der Waals surface area contributed by atoms with Crippen LogP contribution in [0.15, 0.2) is 158 Å². The number of aromatic nitrogens is 3. The van der Waals surface area contributed by atoms with Gasteiger partial charge in [0, 0.05) is 31.9 Å². The fourth-order valence-corrected chi connectivity index (χ4v) is 2.80. The van der Waals surface area contributed by atoms with Gasteiger partial charge in [-0.1, -0.05) is 30.3 Å². The molecule has 5 heteroatoms. The van der Waals surface area contributed by atoms with Crippen LogP contribution < -0.4 is 0 Å². The summed E-state index contributed by atoms with van der Waals surface area (Å²) in [5, 5.41) is 7.00. The van der Waals surface area contributed by atoms with Crippen LogP contribution >= 0.6 is 0 Å². The number of aliphatic hydroxyl groups is 1. The molecule has 6 aromatic rings. The molecule has 0 bridgehead atoms. The maximum atomic E-state index is 7.00. The van der Waals surface area contributed by atoms with Crippen LogP contribution in [0.2, 0.25) is 0 Å². The Morgan fingerprint density at radius 3 is 1.13 bits per heavy atom. The molecule has 3 heterocycles. The van der Waals surface area contributed by atoms with Crippen molar-refractivity contribution in [3.05, 3.63) is 176 Å². The van der Waals surface area contributed by atoms with Crippen molar-refractivity contribution >= 4 is 0 Å². The van der Waals surface area contributed by atoms with Gasteiger partial charge in [0.2, 0.25) is 0 Å². The van der Waals surface area contributed by atoms with Crippen molar-refractivity contribution in [2.75, 3.05) is 7.11 Å². The normalized spacial score (nSPS) is 8.56. The largest absolute Gasteiger partial charge is 3.00 e.